The van der Waals surface area contributed by atoms with E-state index < -0.39 is 8.32 Å². The second-order valence-electron chi connectivity index (χ2n) is 10.3. The summed E-state index contributed by atoms with van der Waals surface area (Å²) in [6, 6.07) is 6.34. The van der Waals surface area contributed by atoms with Gasteiger partial charge < -0.3 is 14.9 Å². The van der Waals surface area contributed by atoms with Crippen LogP contribution in [-0.2, 0) is 6.42 Å². The largest absolute Gasteiger partial charge is 0.541 e. The lowest BCUT2D eigenvalue weighted by molar-refractivity contribution is 0.127. The van der Waals surface area contributed by atoms with Crippen molar-refractivity contribution in [2.45, 2.75) is 97.5 Å². The van der Waals surface area contributed by atoms with E-state index in [9.17, 15) is 0 Å². The van der Waals surface area contributed by atoms with E-state index in [-0.39, 0.29) is 16.2 Å². The lowest BCUT2D eigenvalue weighted by atomic mass is 9.96. The van der Waals surface area contributed by atoms with Gasteiger partial charge in [0, 0.05) is 5.54 Å². The predicted molar refractivity (Wildman–Crippen MR) is 111 cm³/mol. The van der Waals surface area contributed by atoms with Crippen LogP contribution in [0, 0.1) is 0 Å². The zero-order valence-electron chi connectivity index (χ0n) is 18.0. The molecule has 0 aliphatic carbocycles. The summed E-state index contributed by atoms with van der Waals surface area (Å²) in [5.41, 5.74) is 6.94. The molecule has 0 aromatic heterocycles. The SMILES string of the molecule is CC(C)(N)CCc1ccc(O[Si](C)(C)C(C)(C)C)c(OC(C)(C)C)c1. The van der Waals surface area contributed by atoms with Gasteiger partial charge in [-0.25, -0.2) is 0 Å². The molecule has 0 spiro atoms. The van der Waals surface area contributed by atoms with Crippen LogP contribution in [0.3, 0.4) is 0 Å². The minimum absolute atomic E-state index is 0.147. The van der Waals surface area contributed by atoms with Crippen molar-refractivity contribution < 1.29 is 9.16 Å². The van der Waals surface area contributed by atoms with Gasteiger partial charge in [-0.15, -0.1) is 0 Å². The molecular weight excluding hydrogens is 326 g/mol. The first kappa shape index (κ1) is 22.0. The van der Waals surface area contributed by atoms with Crippen molar-refractivity contribution in [3.05, 3.63) is 23.8 Å². The molecule has 0 aliphatic rings. The minimum atomic E-state index is -1.92. The topological polar surface area (TPSA) is 44.5 Å². The molecule has 1 aromatic carbocycles. The molecule has 4 heteroatoms. The minimum Gasteiger partial charge on any atom is -0.541 e. The average Bonchev–Trinajstić information content (AvgIpc) is 2.34. The zero-order valence-corrected chi connectivity index (χ0v) is 19.0. The summed E-state index contributed by atoms with van der Waals surface area (Å²) in [5.74, 6) is 1.70. The smallest absolute Gasteiger partial charge is 0.250 e. The van der Waals surface area contributed by atoms with E-state index in [1.807, 2.05) is 0 Å². The molecule has 0 aliphatic heterocycles. The van der Waals surface area contributed by atoms with Gasteiger partial charge in [0.2, 0.25) is 0 Å². The lowest BCUT2D eigenvalue weighted by Crippen LogP contribution is -2.44. The van der Waals surface area contributed by atoms with E-state index in [4.69, 9.17) is 14.9 Å². The molecule has 0 bridgehead atoms. The number of rotatable bonds is 6. The second kappa shape index (κ2) is 7.32. The molecule has 144 valence electrons. The average molecular weight is 366 g/mol. The van der Waals surface area contributed by atoms with Crippen molar-refractivity contribution in [2.24, 2.45) is 5.73 Å². The Morgan fingerprint density at radius 2 is 1.48 bits per heavy atom. The van der Waals surface area contributed by atoms with Gasteiger partial charge in [-0.05, 0) is 83.3 Å². The number of ether oxygens (including phenoxy) is 1. The number of aryl methyl sites for hydroxylation is 1. The Bertz CT molecular complexity index is 575. The van der Waals surface area contributed by atoms with Crippen LogP contribution in [0.2, 0.25) is 18.1 Å². The maximum Gasteiger partial charge on any atom is 0.250 e. The van der Waals surface area contributed by atoms with Crippen molar-refractivity contribution in [1.29, 1.82) is 0 Å². The van der Waals surface area contributed by atoms with Crippen LogP contribution in [0.15, 0.2) is 18.2 Å². The van der Waals surface area contributed by atoms with Crippen LogP contribution in [-0.4, -0.2) is 19.5 Å². The molecule has 0 saturated carbocycles. The van der Waals surface area contributed by atoms with E-state index in [2.05, 4.69) is 86.7 Å². The summed E-state index contributed by atoms with van der Waals surface area (Å²) in [4.78, 5) is 0. The number of benzene rings is 1. The van der Waals surface area contributed by atoms with Crippen molar-refractivity contribution in [3.63, 3.8) is 0 Å². The predicted octanol–water partition coefficient (Wildman–Crippen LogP) is 5.92. The summed E-state index contributed by atoms with van der Waals surface area (Å²) < 4.78 is 12.8. The van der Waals surface area contributed by atoms with Gasteiger partial charge in [0.05, 0.1) is 0 Å². The van der Waals surface area contributed by atoms with Crippen molar-refractivity contribution in [3.8, 4) is 11.5 Å². The third kappa shape index (κ3) is 7.41. The van der Waals surface area contributed by atoms with Crippen LogP contribution >= 0.6 is 0 Å². The van der Waals surface area contributed by atoms with Gasteiger partial charge >= 0.3 is 0 Å². The van der Waals surface area contributed by atoms with Crippen LogP contribution in [0.5, 0.6) is 11.5 Å². The van der Waals surface area contributed by atoms with E-state index in [0.717, 1.165) is 24.3 Å². The van der Waals surface area contributed by atoms with Gasteiger partial charge in [0.15, 0.2) is 5.75 Å². The quantitative estimate of drug-likeness (QED) is 0.637. The summed E-state index contributed by atoms with van der Waals surface area (Å²) in [6.07, 6.45) is 1.87. The molecule has 2 N–H and O–H groups in total. The maximum absolute atomic E-state index is 6.53. The Balaban J connectivity index is 3.15. The molecule has 25 heavy (non-hydrogen) atoms. The van der Waals surface area contributed by atoms with E-state index in [1.165, 1.54) is 5.56 Å². The number of hydrogen-bond acceptors (Lipinski definition) is 3. The molecule has 1 rings (SSSR count). The highest BCUT2D eigenvalue weighted by atomic mass is 28.4. The van der Waals surface area contributed by atoms with Gasteiger partial charge in [0.25, 0.3) is 8.32 Å². The fourth-order valence-corrected chi connectivity index (χ4v) is 3.12. The molecule has 0 amide bonds. The molecule has 1 aromatic rings. The number of hydrogen-bond donors (Lipinski definition) is 1. The van der Waals surface area contributed by atoms with E-state index in [0.29, 0.717) is 0 Å². The summed E-state index contributed by atoms with van der Waals surface area (Å²) in [6.45, 7) is 21.6. The Kier molecular flexibility index (Phi) is 6.45. The number of nitrogens with two attached hydrogens (primary N) is 1. The van der Waals surface area contributed by atoms with Crippen LogP contribution in [0.4, 0.5) is 0 Å². The Hall–Kier alpha value is -1.00. The molecule has 3 nitrogen and oxygen atoms in total. The zero-order chi connectivity index (χ0) is 19.7. The third-order valence-corrected chi connectivity index (χ3v) is 9.00. The van der Waals surface area contributed by atoms with Crippen LogP contribution in [0.1, 0.15) is 67.4 Å². The molecular formula is C21H39NO2Si. The molecule has 0 radical (unpaired) electrons. The van der Waals surface area contributed by atoms with Gasteiger partial charge in [-0.2, -0.15) is 0 Å². The Morgan fingerprint density at radius 1 is 0.920 bits per heavy atom. The standard InChI is InChI=1S/C21H39NO2Si/c1-19(2,3)23-18-15-16(13-14-21(7,8)22)11-12-17(18)24-25(9,10)20(4,5)6/h11-12,15H,13-14,22H2,1-10H3. The highest BCUT2D eigenvalue weighted by Gasteiger charge is 2.39. The highest BCUT2D eigenvalue weighted by Crippen LogP contribution is 2.41. The molecule has 0 saturated heterocycles. The summed E-state index contributed by atoms with van der Waals surface area (Å²) >= 11 is 0. The summed E-state index contributed by atoms with van der Waals surface area (Å²) in [7, 11) is -1.92. The van der Waals surface area contributed by atoms with E-state index >= 15 is 0 Å². The second-order valence-corrected chi connectivity index (χ2v) is 15.1. The maximum atomic E-state index is 6.53. The van der Waals surface area contributed by atoms with Crippen molar-refractivity contribution >= 4 is 8.32 Å². The first-order valence-electron chi connectivity index (χ1n) is 9.30. The van der Waals surface area contributed by atoms with E-state index in [1.54, 1.807) is 0 Å². The first-order chi connectivity index (χ1) is 11.0. The molecule has 0 atom stereocenters. The monoisotopic (exact) mass is 365 g/mol. The van der Waals surface area contributed by atoms with Crippen molar-refractivity contribution in [1.82, 2.24) is 0 Å². The van der Waals surface area contributed by atoms with Crippen LogP contribution < -0.4 is 14.9 Å². The van der Waals surface area contributed by atoms with Crippen molar-refractivity contribution in [2.75, 3.05) is 0 Å². The highest BCUT2D eigenvalue weighted by molar-refractivity contribution is 6.74. The third-order valence-electron chi connectivity index (χ3n) is 4.65. The molecule has 0 unspecified atom stereocenters. The normalized spacial score (nSPS) is 13.7. The Labute approximate surface area is 156 Å². The lowest BCUT2D eigenvalue weighted by Gasteiger charge is -2.37. The van der Waals surface area contributed by atoms with Gasteiger partial charge in [0.1, 0.15) is 11.4 Å². The fraction of sp³-hybridized carbons (Fsp3) is 0.714. The first-order valence-corrected chi connectivity index (χ1v) is 12.2. The van der Waals surface area contributed by atoms with Gasteiger partial charge in [-0.1, -0.05) is 26.8 Å². The molecule has 0 heterocycles. The fourth-order valence-electron chi connectivity index (χ4n) is 2.10. The van der Waals surface area contributed by atoms with Gasteiger partial charge in [-0.3, -0.25) is 0 Å². The summed E-state index contributed by atoms with van der Waals surface area (Å²) in [5, 5.41) is 0.147. The van der Waals surface area contributed by atoms with Crippen LogP contribution in [0.25, 0.3) is 0 Å². The Morgan fingerprint density at radius 3 is 1.92 bits per heavy atom. The molecule has 0 fully saturated rings.